The number of hydrogen-bond acceptors (Lipinski definition) is 3. The van der Waals surface area contributed by atoms with Crippen LogP contribution in [0.2, 0.25) is 15.1 Å². The van der Waals surface area contributed by atoms with Crippen LogP contribution in [0.3, 0.4) is 0 Å². The van der Waals surface area contributed by atoms with Crippen molar-refractivity contribution in [1.29, 1.82) is 0 Å². The van der Waals surface area contributed by atoms with E-state index in [4.69, 9.17) is 34.8 Å². The Kier molecular flexibility index (Phi) is 3.97. The first kappa shape index (κ1) is 12.5. The van der Waals surface area contributed by atoms with Gasteiger partial charge in [0.05, 0.1) is 20.8 Å². The average Bonchev–Trinajstić information content (AvgIpc) is 2.60. The molecule has 2 nitrogen and oxygen atoms in total. The normalized spacial score (nSPS) is 10.5. The predicted molar refractivity (Wildman–Crippen MR) is 74.6 cm³/mol. The zero-order valence-corrected chi connectivity index (χ0v) is 12.3. The van der Waals surface area contributed by atoms with Crippen LogP contribution >= 0.6 is 62.1 Å². The second-order valence-electron chi connectivity index (χ2n) is 2.85. The molecule has 0 atom stereocenters. The van der Waals surface area contributed by atoms with E-state index >= 15 is 0 Å². The maximum atomic E-state index is 6.02. The number of halogens is 4. The number of thiazole rings is 1. The van der Waals surface area contributed by atoms with Crippen molar-refractivity contribution in [3.63, 3.8) is 0 Å². The van der Waals surface area contributed by atoms with Gasteiger partial charge in [0.1, 0.15) is 4.60 Å². The van der Waals surface area contributed by atoms with E-state index in [1.807, 2.05) is 5.38 Å². The summed E-state index contributed by atoms with van der Waals surface area (Å²) in [6.45, 7) is 0. The molecule has 0 bridgehead atoms. The molecule has 1 N–H and O–H groups in total. The summed E-state index contributed by atoms with van der Waals surface area (Å²) in [7, 11) is 0. The van der Waals surface area contributed by atoms with E-state index in [1.165, 1.54) is 11.3 Å². The van der Waals surface area contributed by atoms with Gasteiger partial charge in [-0.3, -0.25) is 0 Å². The first-order chi connectivity index (χ1) is 7.56. The molecule has 7 heteroatoms. The highest BCUT2D eigenvalue weighted by molar-refractivity contribution is 9.10. The molecule has 1 aromatic carbocycles. The molecule has 0 aliphatic rings. The van der Waals surface area contributed by atoms with Crippen LogP contribution in [0.25, 0.3) is 0 Å². The number of nitrogens with one attached hydrogen (secondary N) is 1. The van der Waals surface area contributed by atoms with Gasteiger partial charge < -0.3 is 5.32 Å². The third kappa shape index (κ3) is 2.81. The molecule has 0 unspecified atom stereocenters. The van der Waals surface area contributed by atoms with Gasteiger partial charge >= 0.3 is 0 Å². The molecule has 0 saturated carbocycles. The van der Waals surface area contributed by atoms with E-state index < -0.39 is 0 Å². The van der Waals surface area contributed by atoms with E-state index in [0.29, 0.717) is 20.8 Å². The lowest BCUT2D eigenvalue weighted by Gasteiger charge is -2.06. The standard InChI is InChI=1S/C9H4BrCl3N2S/c10-8-3-16-9(15-8)14-7-2-5(12)4(11)1-6(7)13/h1-3H,(H,14,15). The molecule has 0 saturated heterocycles. The minimum absolute atomic E-state index is 0.428. The summed E-state index contributed by atoms with van der Waals surface area (Å²) >= 11 is 22.5. The summed E-state index contributed by atoms with van der Waals surface area (Å²) in [5.74, 6) is 0. The molecule has 2 rings (SSSR count). The van der Waals surface area contributed by atoms with Gasteiger partial charge in [-0.25, -0.2) is 4.98 Å². The lowest BCUT2D eigenvalue weighted by atomic mass is 10.3. The Morgan fingerprint density at radius 1 is 1.12 bits per heavy atom. The molecule has 16 heavy (non-hydrogen) atoms. The maximum absolute atomic E-state index is 6.02. The monoisotopic (exact) mass is 356 g/mol. The van der Waals surface area contributed by atoms with Crippen molar-refractivity contribution in [2.24, 2.45) is 0 Å². The molecule has 0 spiro atoms. The minimum atomic E-state index is 0.428. The lowest BCUT2D eigenvalue weighted by molar-refractivity contribution is 1.34. The van der Waals surface area contributed by atoms with Crippen molar-refractivity contribution in [3.05, 3.63) is 37.2 Å². The van der Waals surface area contributed by atoms with Gasteiger partial charge in [-0.1, -0.05) is 34.8 Å². The molecule has 0 fully saturated rings. The van der Waals surface area contributed by atoms with Crippen molar-refractivity contribution < 1.29 is 0 Å². The SMILES string of the molecule is Clc1cc(Cl)c(Nc2nc(Br)cs2)cc1Cl. The fraction of sp³-hybridized carbons (Fsp3) is 0. The zero-order chi connectivity index (χ0) is 11.7. The van der Waals surface area contributed by atoms with Crippen molar-refractivity contribution in [2.45, 2.75) is 0 Å². The van der Waals surface area contributed by atoms with E-state index in [0.717, 1.165) is 9.73 Å². The van der Waals surface area contributed by atoms with Crippen LogP contribution in [0.1, 0.15) is 0 Å². The van der Waals surface area contributed by atoms with Crippen LogP contribution in [0.5, 0.6) is 0 Å². The Hall–Kier alpha value is -0.000000000000000167. The Morgan fingerprint density at radius 2 is 1.81 bits per heavy atom. The summed E-state index contributed by atoms with van der Waals surface area (Å²) in [5.41, 5.74) is 0.679. The fourth-order valence-corrected chi connectivity index (χ4v) is 2.80. The summed E-state index contributed by atoms with van der Waals surface area (Å²) in [6, 6.07) is 3.26. The number of hydrogen-bond donors (Lipinski definition) is 1. The Labute approximate surface area is 120 Å². The Bertz CT molecular complexity index is 529. The topological polar surface area (TPSA) is 24.9 Å². The number of nitrogens with zero attached hydrogens (tertiary/aromatic N) is 1. The molecular formula is C9H4BrCl3N2S. The van der Waals surface area contributed by atoms with Crippen LogP contribution in [0, 0.1) is 0 Å². The molecule has 2 aromatic rings. The van der Waals surface area contributed by atoms with E-state index in [-0.39, 0.29) is 0 Å². The van der Waals surface area contributed by atoms with Crippen LogP contribution in [0.4, 0.5) is 10.8 Å². The minimum Gasteiger partial charge on any atom is -0.330 e. The van der Waals surface area contributed by atoms with E-state index in [2.05, 4.69) is 26.2 Å². The van der Waals surface area contributed by atoms with Gasteiger partial charge in [-0.05, 0) is 28.1 Å². The van der Waals surface area contributed by atoms with Crippen molar-refractivity contribution >= 4 is 72.9 Å². The van der Waals surface area contributed by atoms with Crippen molar-refractivity contribution in [3.8, 4) is 0 Å². The van der Waals surface area contributed by atoms with Gasteiger partial charge in [0.15, 0.2) is 5.13 Å². The molecule has 0 amide bonds. The second-order valence-corrected chi connectivity index (χ2v) is 5.74. The van der Waals surface area contributed by atoms with Crippen LogP contribution in [0.15, 0.2) is 22.1 Å². The van der Waals surface area contributed by atoms with Crippen LogP contribution < -0.4 is 5.32 Å². The summed E-state index contributed by atoms with van der Waals surface area (Å²) < 4.78 is 0.774. The smallest absolute Gasteiger partial charge is 0.188 e. The van der Waals surface area contributed by atoms with Crippen LogP contribution in [-0.2, 0) is 0 Å². The van der Waals surface area contributed by atoms with Gasteiger partial charge in [-0.2, -0.15) is 0 Å². The molecule has 84 valence electrons. The first-order valence-electron chi connectivity index (χ1n) is 4.09. The third-order valence-corrected chi connectivity index (χ3v) is 4.23. The van der Waals surface area contributed by atoms with E-state index in [9.17, 15) is 0 Å². The van der Waals surface area contributed by atoms with Gasteiger partial charge in [0.2, 0.25) is 0 Å². The van der Waals surface area contributed by atoms with Crippen molar-refractivity contribution in [2.75, 3.05) is 5.32 Å². The van der Waals surface area contributed by atoms with Gasteiger partial charge in [-0.15, -0.1) is 11.3 Å². The number of benzene rings is 1. The Morgan fingerprint density at radius 3 is 2.44 bits per heavy atom. The zero-order valence-electron chi connectivity index (χ0n) is 7.60. The quantitative estimate of drug-likeness (QED) is 0.706. The fourth-order valence-electron chi connectivity index (χ4n) is 1.05. The lowest BCUT2D eigenvalue weighted by Crippen LogP contribution is -1.90. The van der Waals surface area contributed by atoms with Crippen LogP contribution in [-0.4, -0.2) is 4.98 Å². The summed E-state index contributed by atoms with van der Waals surface area (Å²) in [4.78, 5) is 4.19. The number of rotatable bonds is 2. The molecule has 0 radical (unpaired) electrons. The van der Waals surface area contributed by atoms with Gasteiger partial charge in [0.25, 0.3) is 0 Å². The average molecular weight is 358 g/mol. The first-order valence-corrected chi connectivity index (χ1v) is 6.89. The van der Waals surface area contributed by atoms with Gasteiger partial charge in [0, 0.05) is 5.38 Å². The second kappa shape index (κ2) is 5.10. The maximum Gasteiger partial charge on any atom is 0.188 e. The molecular weight excluding hydrogens is 354 g/mol. The predicted octanol–water partition coefficient (Wildman–Crippen LogP) is 5.61. The highest BCUT2D eigenvalue weighted by Gasteiger charge is 2.07. The Balaban J connectivity index is 2.31. The number of aromatic nitrogens is 1. The summed E-state index contributed by atoms with van der Waals surface area (Å²) in [5, 5.41) is 7.04. The largest absolute Gasteiger partial charge is 0.330 e. The highest BCUT2D eigenvalue weighted by Crippen LogP contribution is 2.34. The highest BCUT2D eigenvalue weighted by atomic mass is 79.9. The number of anilines is 2. The van der Waals surface area contributed by atoms with E-state index in [1.54, 1.807) is 12.1 Å². The molecule has 0 aliphatic heterocycles. The third-order valence-electron chi connectivity index (χ3n) is 1.73. The molecule has 0 aliphatic carbocycles. The molecule has 1 aromatic heterocycles. The van der Waals surface area contributed by atoms with Crippen molar-refractivity contribution in [1.82, 2.24) is 4.98 Å². The summed E-state index contributed by atoms with van der Waals surface area (Å²) in [6.07, 6.45) is 0. The molecule has 1 heterocycles.